The molecule has 3 nitrogen and oxygen atoms in total. The standard InChI is InChI=1S/C15H20BrNO2/c1-10-5-3-6-11(9-10)17(2)13-8-4-7-12(16)14(13)15(18)19/h4,7-8,10-11H,3,5-6,9H2,1-2H3,(H,18,19). The number of hydrogen-bond acceptors (Lipinski definition) is 2. The highest BCUT2D eigenvalue weighted by Gasteiger charge is 2.25. The maximum atomic E-state index is 11.4. The van der Waals surface area contributed by atoms with Crippen molar-refractivity contribution in [2.45, 2.75) is 38.6 Å². The minimum Gasteiger partial charge on any atom is -0.478 e. The van der Waals surface area contributed by atoms with Crippen molar-refractivity contribution in [2.24, 2.45) is 5.92 Å². The molecule has 0 radical (unpaired) electrons. The first-order chi connectivity index (χ1) is 9.00. The van der Waals surface area contributed by atoms with E-state index in [0.717, 1.165) is 24.4 Å². The minimum atomic E-state index is -0.877. The summed E-state index contributed by atoms with van der Waals surface area (Å²) in [4.78, 5) is 13.6. The topological polar surface area (TPSA) is 40.5 Å². The zero-order chi connectivity index (χ0) is 14.0. The molecule has 1 aliphatic rings. The molecule has 0 amide bonds. The first-order valence-electron chi connectivity index (χ1n) is 6.75. The first kappa shape index (κ1) is 14.4. The number of rotatable bonds is 3. The van der Waals surface area contributed by atoms with E-state index in [1.165, 1.54) is 12.8 Å². The summed E-state index contributed by atoms with van der Waals surface area (Å²) in [5.41, 5.74) is 1.17. The van der Waals surface area contributed by atoms with Gasteiger partial charge in [-0.3, -0.25) is 0 Å². The summed E-state index contributed by atoms with van der Waals surface area (Å²) < 4.78 is 0.646. The molecule has 0 aliphatic heterocycles. The maximum Gasteiger partial charge on any atom is 0.338 e. The van der Waals surface area contributed by atoms with Gasteiger partial charge in [0.05, 0.1) is 11.3 Å². The van der Waals surface area contributed by atoms with Gasteiger partial charge in [-0.15, -0.1) is 0 Å². The van der Waals surface area contributed by atoms with Crippen LogP contribution in [0.3, 0.4) is 0 Å². The van der Waals surface area contributed by atoms with Crippen molar-refractivity contribution in [3.8, 4) is 0 Å². The molecule has 0 aromatic heterocycles. The predicted molar refractivity (Wildman–Crippen MR) is 80.9 cm³/mol. The van der Waals surface area contributed by atoms with Crippen LogP contribution < -0.4 is 4.90 Å². The normalized spacial score (nSPS) is 23.1. The predicted octanol–water partition coefficient (Wildman–Crippen LogP) is 4.16. The van der Waals surface area contributed by atoms with Gasteiger partial charge in [-0.25, -0.2) is 4.79 Å². The Morgan fingerprint density at radius 1 is 1.42 bits per heavy atom. The van der Waals surface area contributed by atoms with E-state index in [4.69, 9.17) is 0 Å². The molecule has 2 atom stereocenters. The molecule has 0 bridgehead atoms. The second kappa shape index (κ2) is 5.95. The van der Waals surface area contributed by atoms with Gasteiger partial charge >= 0.3 is 5.97 Å². The Morgan fingerprint density at radius 3 is 2.79 bits per heavy atom. The molecule has 104 valence electrons. The fourth-order valence-corrected chi connectivity index (χ4v) is 3.49. The number of benzene rings is 1. The van der Waals surface area contributed by atoms with Gasteiger partial charge in [0.2, 0.25) is 0 Å². The number of carboxylic acids is 1. The number of halogens is 1. The lowest BCUT2D eigenvalue weighted by Gasteiger charge is -2.36. The molecule has 0 heterocycles. The molecule has 1 fully saturated rings. The van der Waals surface area contributed by atoms with Crippen LogP contribution in [0.1, 0.15) is 43.0 Å². The highest BCUT2D eigenvalue weighted by atomic mass is 79.9. The van der Waals surface area contributed by atoms with Crippen LogP contribution >= 0.6 is 15.9 Å². The van der Waals surface area contributed by atoms with Crippen molar-refractivity contribution in [3.05, 3.63) is 28.2 Å². The second-order valence-corrected chi connectivity index (χ2v) is 6.33. The minimum absolute atomic E-state index is 0.364. The van der Waals surface area contributed by atoms with Crippen molar-refractivity contribution in [1.29, 1.82) is 0 Å². The van der Waals surface area contributed by atoms with E-state index < -0.39 is 5.97 Å². The molecule has 1 saturated carbocycles. The zero-order valence-corrected chi connectivity index (χ0v) is 13.0. The van der Waals surface area contributed by atoms with Crippen molar-refractivity contribution in [3.63, 3.8) is 0 Å². The van der Waals surface area contributed by atoms with Crippen LogP contribution in [-0.4, -0.2) is 24.2 Å². The summed E-state index contributed by atoms with van der Waals surface area (Å²) in [6.07, 6.45) is 4.80. The monoisotopic (exact) mass is 325 g/mol. The van der Waals surface area contributed by atoms with Gasteiger partial charge in [-0.05, 0) is 46.8 Å². The largest absolute Gasteiger partial charge is 0.478 e. The average molecular weight is 326 g/mol. The molecule has 19 heavy (non-hydrogen) atoms. The zero-order valence-electron chi connectivity index (χ0n) is 11.4. The third kappa shape index (κ3) is 3.11. The third-order valence-corrected chi connectivity index (χ3v) is 4.70. The molecule has 1 N–H and O–H groups in total. The summed E-state index contributed by atoms with van der Waals surface area (Å²) >= 11 is 3.34. The highest BCUT2D eigenvalue weighted by molar-refractivity contribution is 9.10. The molecule has 0 saturated heterocycles. The van der Waals surface area contributed by atoms with E-state index >= 15 is 0 Å². The van der Waals surface area contributed by atoms with Gasteiger partial charge < -0.3 is 10.0 Å². The smallest absolute Gasteiger partial charge is 0.338 e. The van der Waals surface area contributed by atoms with E-state index in [-0.39, 0.29) is 0 Å². The highest BCUT2D eigenvalue weighted by Crippen LogP contribution is 2.33. The lowest BCUT2D eigenvalue weighted by molar-refractivity contribution is 0.0696. The van der Waals surface area contributed by atoms with Gasteiger partial charge in [-0.2, -0.15) is 0 Å². The van der Waals surface area contributed by atoms with Crippen molar-refractivity contribution in [2.75, 3.05) is 11.9 Å². The summed E-state index contributed by atoms with van der Waals surface area (Å²) in [5, 5.41) is 9.39. The maximum absolute atomic E-state index is 11.4. The van der Waals surface area contributed by atoms with Gasteiger partial charge in [0.1, 0.15) is 0 Å². The fraction of sp³-hybridized carbons (Fsp3) is 0.533. The Morgan fingerprint density at radius 2 is 2.16 bits per heavy atom. The molecule has 4 heteroatoms. The molecule has 1 aromatic rings. The van der Waals surface area contributed by atoms with Crippen LogP contribution in [0.15, 0.2) is 22.7 Å². The average Bonchev–Trinajstić information content (AvgIpc) is 2.37. The first-order valence-corrected chi connectivity index (χ1v) is 7.54. The molecule has 2 unspecified atom stereocenters. The van der Waals surface area contributed by atoms with Crippen molar-refractivity contribution >= 4 is 27.6 Å². The number of carboxylic acid groups (broad SMARTS) is 1. The van der Waals surface area contributed by atoms with Gasteiger partial charge in [0.15, 0.2) is 0 Å². The Kier molecular flexibility index (Phi) is 4.50. The van der Waals surface area contributed by atoms with Gasteiger partial charge in [0.25, 0.3) is 0 Å². The Bertz CT molecular complexity index is 475. The van der Waals surface area contributed by atoms with E-state index in [1.54, 1.807) is 6.07 Å². The van der Waals surface area contributed by atoms with Crippen LogP contribution in [0, 0.1) is 5.92 Å². The van der Waals surface area contributed by atoms with Crippen molar-refractivity contribution < 1.29 is 9.90 Å². The van der Waals surface area contributed by atoms with Crippen LogP contribution in [-0.2, 0) is 0 Å². The summed E-state index contributed by atoms with van der Waals surface area (Å²) in [5.74, 6) is -0.153. The number of hydrogen-bond donors (Lipinski definition) is 1. The number of anilines is 1. The lowest BCUT2D eigenvalue weighted by atomic mass is 9.86. The van der Waals surface area contributed by atoms with Gasteiger partial charge in [-0.1, -0.05) is 25.8 Å². The van der Waals surface area contributed by atoms with Crippen LogP contribution in [0.4, 0.5) is 5.69 Å². The summed E-state index contributed by atoms with van der Waals surface area (Å²) in [6.45, 7) is 2.28. The molecule has 0 spiro atoms. The second-order valence-electron chi connectivity index (χ2n) is 5.48. The quantitative estimate of drug-likeness (QED) is 0.907. The molecular weight excluding hydrogens is 306 g/mol. The molecular formula is C15H20BrNO2. The van der Waals surface area contributed by atoms with Crippen LogP contribution in [0.2, 0.25) is 0 Å². The summed E-state index contributed by atoms with van der Waals surface area (Å²) in [7, 11) is 2.01. The molecule has 1 aliphatic carbocycles. The Balaban J connectivity index is 2.30. The van der Waals surface area contributed by atoms with Crippen LogP contribution in [0.5, 0.6) is 0 Å². The number of aromatic carboxylic acids is 1. The van der Waals surface area contributed by atoms with E-state index in [1.807, 2.05) is 19.2 Å². The molecule has 2 rings (SSSR count). The van der Waals surface area contributed by atoms with E-state index in [2.05, 4.69) is 27.8 Å². The Hall–Kier alpha value is -1.03. The summed E-state index contributed by atoms with van der Waals surface area (Å²) in [6, 6.07) is 6.02. The SMILES string of the molecule is CC1CCCC(N(C)c2cccc(Br)c2C(=O)O)C1. The van der Waals surface area contributed by atoms with E-state index in [0.29, 0.717) is 16.1 Å². The fourth-order valence-electron chi connectivity index (χ4n) is 2.97. The number of carbonyl (C=O) groups is 1. The van der Waals surface area contributed by atoms with E-state index in [9.17, 15) is 9.90 Å². The van der Waals surface area contributed by atoms with Crippen molar-refractivity contribution in [1.82, 2.24) is 0 Å². The van der Waals surface area contributed by atoms with Crippen LogP contribution in [0.25, 0.3) is 0 Å². The lowest BCUT2D eigenvalue weighted by Crippen LogP contribution is -2.36. The Labute approximate surface area is 122 Å². The van der Waals surface area contributed by atoms with Gasteiger partial charge in [0, 0.05) is 17.6 Å². The molecule has 1 aromatic carbocycles. The number of nitrogens with zero attached hydrogens (tertiary/aromatic N) is 1. The third-order valence-electron chi connectivity index (χ3n) is 4.04.